The maximum absolute atomic E-state index is 10.9. The van der Waals surface area contributed by atoms with E-state index in [1.54, 1.807) is 12.1 Å². The third-order valence-electron chi connectivity index (χ3n) is 5.77. The second-order valence-corrected chi connectivity index (χ2v) is 8.34. The lowest BCUT2D eigenvalue weighted by Gasteiger charge is -2.32. The molecule has 1 saturated heterocycles. The van der Waals surface area contributed by atoms with Crippen LogP contribution >= 0.6 is 0 Å². The summed E-state index contributed by atoms with van der Waals surface area (Å²) in [4.78, 5) is 22.0. The molecule has 10 heteroatoms. The number of hydrogen-bond acceptors (Lipinski definition) is 5. The Morgan fingerprint density at radius 3 is 2.29 bits per heavy atom. The Kier molecular flexibility index (Phi) is 8.78. The second-order valence-electron chi connectivity index (χ2n) is 8.34. The number of nitrogens with zero attached hydrogens (tertiary/aromatic N) is 2. The topological polar surface area (TPSA) is 95.7 Å². The molecule has 35 heavy (non-hydrogen) atoms. The average Bonchev–Trinajstić information content (AvgIpc) is 2.83. The molecule has 1 fully saturated rings. The van der Waals surface area contributed by atoms with E-state index >= 15 is 0 Å². The van der Waals surface area contributed by atoms with Gasteiger partial charge in [-0.15, -0.1) is 0 Å². The van der Waals surface area contributed by atoms with Gasteiger partial charge in [0.25, 0.3) is 5.69 Å². The summed E-state index contributed by atoms with van der Waals surface area (Å²) in [7, 11) is 0. The molecule has 4 rings (SSSR count). The van der Waals surface area contributed by atoms with Crippen LogP contribution in [0.5, 0.6) is 0 Å². The van der Waals surface area contributed by atoms with Crippen LogP contribution in [0.15, 0.2) is 66.7 Å². The number of fused-ring (bicyclic) bond motifs is 1. The van der Waals surface area contributed by atoms with Crippen molar-refractivity contribution in [1.29, 1.82) is 0 Å². The lowest BCUT2D eigenvalue weighted by Crippen LogP contribution is -2.41. The minimum atomic E-state index is -5.08. The molecule has 3 aromatic rings. The zero-order chi connectivity index (χ0) is 25.4. The molecule has 0 aliphatic carbocycles. The summed E-state index contributed by atoms with van der Waals surface area (Å²) in [6.45, 7) is 3.80. The number of rotatable bonds is 6. The predicted molar refractivity (Wildman–Crippen MR) is 126 cm³/mol. The van der Waals surface area contributed by atoms with Crippen LogP contribution in [0.25, 0.3) is 10.8 Å². The summed E-state index contributed by atoms with van der Waals surface area (Å²) >= 11 is 0. The zero-order valence-electron chi connectivity index (χ0n) is 18.9. The number of carbonyl (C=O) groups is 1. The van der Waals surface area contributed by atoms with E-state index in [2.05, 4.69) is 52.7 Å². The van der Waals surface area contributed by atoms with Crippen LogP contribution in [0.2, 0.25) is 0 Å². The summed E-state index contributed by atoms with van der Waals surface area (Å²) in [5, 5.41) is 24.2. The number of benzene rings is 3. The number of halogens is 3. The molecule has 0 spiro atoms. The van der Waals surface area contributed by atoms with E-state index in [9.17, 15) is 23.3 Å². The van der Waals surface area contributed by atoms with E-state index in [0.717, 1.165) is 38.0 Å². The first-order valence-corrected chi connectivity index (χ1v) is 11.1. The molecule has 0 atom stereocenters. The number of piperidine rings is 1. The number of non-ortho nitro benzene ring substituents is 1. The fourth-order valence-corrected chi connectivity index (χ4v) is 3.93. The molecule has 0 unspecified atom stereocenters. The summed E-state index contributed by atoms with van der Waals surface area (Å²) in [6.07, 6.45) is -2.88. The van der Waals surface area contributed by atoms with Crippen LogP contribution in [0.3, 0.4) is 0 Å². The second kappa shape index (κ2) is 11.8. The highest BCUT2D eigenvalue weighted by Crippen LogP contribution is 2.20. The van der Waals surface area contributed by atoms with E-state index in [-0.39, 0.29) is 10.6 Å². The number of alkyl halides is 3. The first-order chi connectivity index (χ1) is 16.6. The van der Waals surface area contributed by atoms with Crippen LogP contribution in [-0.4, -0.2) is 46.2 Å². The molecular formula is C25H26F3N3O4. The van der Waals surface area contributed by atoms with Gasteiger partial charge in [0.05, 0.1) is 4.92 Å². The predicted octanol–water partition coefficient (Wildman–Crippen LogP) is 5.14. The Morgan fingerprint density at radius 1 is 1.00 bits per heavy atom. The number of likely N-dealkylation sites (tertiary alicyclic amines) is 1. The van der Waals surface area contributed by atoms with E-state index in [1.807, 2.05) is 6.07 Å². The molecule has 1 heterocycles. The van der Waals surface area contributed by atoms with E-state index in [1.165, 1.54) is 22.4 Å². The highest BCUT2D eigenvalue weighted by atomic mass is 19.4. The van der Waals surface area contributed by atoms with E-state index < -0.39 is 12.1 Å². The Morgan fingerprint density at radius 2 is 1.66 bits per heavy atom. The van der Waals surface area contributed by atoms with Gasteiger partial charge in [-0.2, -0.15) is 13.2 Å². The molecule has 7 nitrogen and oxygen atoms in total. The third-order valence-corrected chi connectivity index (χ3v) is 5.77. The molecule has 0 saturated carbocycles. The maximum Gasteiger partial charge on any atom is 0.490 e. The van der Waals surface area contributed by atoms with Crippen molar-refractivity contribution in [2.45, 2.75) is 38.1 Å². The fourth-order valence-electron chi connectivity index (χ4n) is 3.93. The molecule has 3 aromatic carbocycles. The summed E-state index contributed by atoms with van der Waals surface area (Å²) in [5.41, 5.74) is 2.49. The number of carboxylic acids is 1. The normalized spacial score (nSPS) is 14.8. The monoisotopic (exact) mass is 489 g/mol. The molecule has 1 aliphatic heterocycles. The van der Waals surface area contributed by atoms with Gasteiger partial charge < -0.3 is 10.4 Å². The molecule has 0 radical (unpaired) electrons. The van der Waals surface area contributed by atoms with Crippen molar-refractivity contribution in [3.8, 4) is 0 Å². The van der Waals surface area contributed by atoms with Crippen molar-refractivity contribution in [1.82, 2.24) is 10.2 Å². The average molecular weight is 489 g/mol. The largest absolute Gasteiger partial charge is 0.490 e. The molecule has 186 valence electrons. The highest BCUT2D eigenvalue weighted by molar-refractivity contribution is 5.82. The van der Waals surface area contributed by atoms with Crippen LogP contribution in [0.4, 0.5) is 18.9 Å². The van der Waals surface area contributed by atoms with Gasteiger partial charge in [0.2, 0.25) is 0 Å². The molecule has 0 aromatic heterocycles. The summed E-state index contributed by atoms with van der Waals surface area (Å²) in [6, 6.07) is 22.6. The first kappa shape index (κ1) is 26.1. The van der Waals surface area contributed by atoms with Gasteiger partial charge in [0.15, 0.2) is 0 Å². The third kappa shape index (κ3) is 8.04. The quantitative estimate of drug-likeness (QED) is 0.368. The molecule has 0 bridgehead atoms. The number of nitrogens with one attached hydrogen (secondary N) is 1. The Balaban J connectivity index is 0.000000429. The smallest absolute Gasteiger partial charge is 0.475 e. The number of nitro groups is 1. The first-order valence-electron chi connectivity index (χ1n) is 11.1. The number of nitro benzene ring substituents is 1. The minimum absolute atomic E-state index is 0.157. The van der Waals surface area contributed by atoms with Crippen LogP contribution < -0.4 is 5.32 Å². The van der Waals surface area contributed by atoms with Crippen molar-refractivity contribution in [3.63, 3.8) is 0 Å². The van der Waals surface area contributed by atoms with Gasteiger partial charge in [-0.25, -0.2) is 4.79 Å². The summed E-state index contributed by atoms with van der Waals surface area (Å²) < 4.78 is 31.7. The van der Waals surface area contributed by atoms with Crippen LogP contribution in [0, 0.1) is 10.1 Å². The zero-order valence-corrected chi connectivity index (χ0v) is 18.9. The van der Waals surface area contributed by atoms with E-state index in [4.69, 9.17) is 9.90 Å². The minimum Gasteiger partial charge on any atom is -0.475 e. The Hall–Kier alpha value is -3.50. The SMILES string of the molecule is O=C(O)C(F)(F)F.O=[N+]([O-])c1cccc(CNC2CCN(Cc3ccc4ccccc4c3)CC2)c1. The fraction of sp³-hybridized carbons (Fsp3) is 0.320. The van der Waals surface area contributed by atoms with Gasteiger partial charge >= 0.3 is 12.1 Å². The lowest BCUT2D eigenvalue weighted by atomic mass is 10.0. The van der Waals surface area contributed by atoms with E-state index in [0.29, 0.717) is 12.6 Å². The highest BCUT2D eigenvalue weighted by Gasteiger charge is 2.38. The Bertz CT molecular complexity index is 1160. The number of aliphatic carboxylic acids is 1. The van der Waals surface area contributed by atoms with Crippen molar-refractivity contribution in [2.75, 3.05) is 13.1 Å². The molecule has 2 N–H and O–H groups in total. The number of carboxylic acid groups (broad SMARTS) is 1. The maximum atomic E-state index is 10.9. The summed E-state index contributed by atoms with van der Waals surface area (Å²) in [5.74, 6) is -2.76. The Labute approximate surface area is 200 Å². The molecular weight excluding hydrogens is 463 g/mol. The van der Waals surface area contributed by atoms with Crippen LogP contribution in [-0.2, 0) is 17.9 Å². The van der Waals surface area contributed by atoms with Crippen molar-refractivity contribution in [3.05, 3.63) is 88.0 Å². The number of hydrogen-bond donors (Lipinski definition) is 2. The van der Waals surface area contributed by atoms with Gasteiger partial charge in [-0.3, -0.25) is 15.0 Å². The molecule has 1 aliphatic rings. The van der Waals surface area contributed by atoms with Crippen molar-refractivity contribution in [2.24, 2.45) is 0 Å². The van der Waals surface area contributed by atoms with Gasteiger partial charge in [-0.1, -0.05) is 48.5 Å². The van der Waals surface area contributed by atoms with Crippen molar-refractivity contribution < 1.29 is 28.0 Å². The molecule has 0 amide bonds. The lowest BCUT2D eigenvalue weighted by molar-refractivity contribution is -0.384. The van der Waals surface area contributed by atoms with Gasteiger partial charge in [0, 0.05) is 31.3 Å². The van der Waals surface area contributed by atoms with Gasteiger partial charge in [0.1, 0.15) is 0 Å². The van der Waals surface area contributed by atoms with Crippen molar-refractivity contribution >= 4 is 22.4 Å². The van der Waals surface area contributed by atoms with Crippen LogP contribution in [0.1, 0.15) is 24.0 Å². The van der Waals surface area contributed by atoms with Gasteiger partial charge in [-0.05, 0) is 53.9 Å². The standard InChI is InChI=1S/C23H25N3O2.C2HF3O2/c27-26(28)23-7-3-4-18(15-23)16-24-22-10-12-25(13-11-22)17-19-8-9-20-5-1-2-6-21(20)14-19;3-2(4,5)1(6)7/h1-9,14-15,22,24H,10-13,16-17H2;(H,6,7).